The zero-order valence-corrected chi connectivity index (χ0v) is 12.9. The van der Waals surface area contributed by atoms with E-state index < -0.39 is 0 Å². The Labute approximate surface area is 128 Å². The molecule has 1 aromatic heterocycles. The molecule has 1 aliphatic carbocycles. The molecule has 1 heterocycles. The van der Waals surface area contributed by atoms with Crippen LogP contribution in [-0.2, 0) is 0 Å². The summed E-state index contributed by atoms with van der Waals surface area (Å²) in [5, 5.41) is 4.84. The maximum atomic E-state index is 14.3. The van der Waals surface area contributed by atoms with E-state index in [0.717, 1.165) is 18.2 Å². The normalized spacial score (nSPS) is 22.4. The van der Waals surface area contributed by atoms with Gasteiger partial charge in [0.15, 0.2) is 5.82 Å². The van der Waals surface area contributed by atoms with Gasteiger partial charge in [-0.2, -0.15) is 11.8 Å². The number of benzene rings is 1. The molecule has 3 nitrogen and oxygen atoms in total. The molecule has 3 N–H and O–H groups in total. The third-order valence-corrected chi connectivity index (χ3v) is 5.28. The van der Waals surface area contributed by atoms with Gasteiger partial charge >= 0.3 is 0 Å². The van der Waals surface area contributed by atoms with E-state index in [1.165, 1.54) is 18.9 Å². The quantitative estimate of drug-likeness (QED) is 0.840. The van der Waals surface area contributed by atoms with Gasteiger partial charge < -0.3 is 11.1 Å². The summed E-state index contributed by atoms with van der Waals surface area (Å²) in [6, 6.07) is 5.40. The molecule has 2 unspecified atom stereocenters. The van der Waals surface area contributed by atoms with Gasteiger partial charge in [-0.1, -0.05) is 6.42 Å². The van der Waals surface area contributed by atoms with Crippen LogP contribution in [0.2, 0.25) is 0 Å². The molecule has 1 fully saturated rings. The number of pyridine rings is 1. The number of anilines is 2. The molecule has 0 bridgehead atoms. The maximum absolute atomic E-state index is 14.3. The molecular weight excluding hydrogens is 285 g/mol. The highest BCUT2D eigenvalue weighted by Crippen LogP contribution is 2.33. The average Bonchev–Trinajstić information content (AvgIpc) is 2.51. The van der Waals surface area contributed by atoms with E-state index in [9.17, 15) is 4.39 Å². The zero-order valence-electron chi connectivity index (χ0n) is 12.1. The van der Waals surface area contributed by atoms with Crippen molar-refractivity contribution in [2.45, 2.75) is 37.0 Å². The second-order valence-electron chi connectivity index (χ2n) is 5.59. The predicted molar refractivity (Wildman–Crippen MR) is 89.3 cm³/mol. The molecule has 1 aromatic carbocycles. The molecule has 112 valence electrons. The lowest BCUT2D eigenvalue weighted by atomic mass is 9.94. The van der Waals surface area contributed by atoms with Crippen LogP contribution in [0.15, 0.2) is 24.4 Å². The monoisotopic (exact) mass is 305 g/mol. The Hall–Kier alpha value is -1.49. The average molecular weight is 305 g/mol. The largest absolute Gasteiger partial charge is 0.398 e. The molecule has 0 spiro atoms. The fourth-order valence-electron chi connectivity index (χ4n) is 3.07. The lowest BCUT2D eigenvalue weighted by Gasteiger charge is -2.29. The summed E-state index contributed by atoms with van der Waals surface area (Å²) in [5.41, 5.74) is 7.45. The standard InChI is InChI=1S/C16H20FN3S/c1-21-11-5-2-4-10(8-11)20-16-13(17)9-14(18)12-6-3-7-19-15(12)16/h3,6-7,9-11,20H,2,4-5,8,18H2,1H3. The highest BCUT2D eigenvalue weighted by Gasteiger charge is 2.23. The van der Waals surface area contributed by atoms with Crippen molar-refractivity contribution in [1.82, 2.24) is 4.98 Å². The molecule has 21 heavy (non-hydrogen) atoms. The van der Waals surface area contributed by atoms with Crippen LogP contribution in [0.4, 0.5) is 15.8 Å². The van der Waals surface area contributed by atoms with Gasteiger partial charge in [0.05, 0.1) is 11.2 Å². The van der Waals surface area contributed by atoms with Gasteiger partial charge in [0.1, 0.15) is 0 Å². The van der Waals surface area contributed by atoms with Crippen LogP contribution in [0.3, 0.4) is 0 Å². The Morgan fingerprint density at radius 3 is 3.10 bits per heavy atom. The molecule has 1 saturated carbocycles. The van der Waals surface area contributed by atoms with Crippen LogP contribution in [0.5, 0.6) is 0 Å². The maximum Gasteiger partial charge on any atom is 0.150 e. The van der Waals surface area contributed by atoms with Crippen molar-refractivity contribution >= 4 is 34.0 Å². The second kappa shape index (κ2) is 6.10. The fraction of sp³-hybridized carbons (Fsp3) is 0.438. The number of nitrogens with two attached hydrogens (primary N) is 1. The van der Waals surface area contributed by atoms with E-state index in [2.05, 4.69) is 16.6 Å². The SMILES string of the molecule is CSC1CCCC(Nc2c(F)cc(N)c3cccnc23)C1. The van der Waals surface area contributed by atoms with E-state index in [1.807, 2.05) is 23.9 Å². The molecule has 1 aliphatic rings. The van der Waals surface area contributed by atoms with E-state index in [-0.39, 0.29) is 5.82 Å². The van der Waals surface area contributed by atoms with Crippen molar-refractivity contribution in [2.24, 2.45) is 0 Å². The third-order valence-electron chi connectivity index (χ3n) is 4.18. The van der Waals surface area contributed by atoms with Gasteiger partial charge in [0.25, 0.3) is 0 Å². The van der Waals surface area contributed by atoms with Crippen LogP contribution >= 0.6 is 11.8 Å². The first-order valence-electron chi connectivity index (χ1n) is 7.31. The van der Waals surface area contributed by atoms with Crippen LogP contribution in [0.1, 0.15) is 25.7 Å². The van der Waals surface area contributed by atoms with Gasteiger partial charge in [-0.25, -0.2) is 4.39 Å². The lowest BCUT2D eigenvalue weighted by Crippen LogP contribution is -2.29. The Balaban J connectivity index is 1.93. The van der Waals surface area contributed by atoms with Crippen molar-refractivity contribution in [3.05, 3.63) is 30.2 Å². The molecule has 3 rings (SSSR count). The molecule has 0 saturated heterocycles. The van der Waals surface area contributed by atoms with Gasteiger partial charge in [-0.15, -0.1) is 0 Å². The van der Waals surface area contributed by atoms with Gasteiger partial charge in [-0.05, 0) is 43.7 Å². The number of halogens is 1. The summed E-state index contributed by atoms with van der Waals surface area (Å²) in [7, 11) is 0. The highest BCUT2D eigenvalue weighted by molar-refractivity contribution is 7.99. The van der Waals surface area contributed by atoms with Crippen LogP contribution in [0.25, 0.3) is 10.9 Å². The lowest BCUT2D eigenvalue weighted by molar-refractivity contribution is 0.471. The number of hydrogen-bond donors (Lipinski definition) is 2. The van der Waals surface area contributed by atoms with Gasteiger partial charge in [0, 0.05) is 28.6 Å². The summed E-state index contributed by atoms with van der Waals surface area (Å²) >= 11 is 1.90. The smallest absolute Gasteiger partial charge is 0.150 e. The first-order chi connectivity index (χ1) is 10.2. The summed E-state index contributed by atoms with van der Waals surface area (Å²) in [6.07, 6.45) is 8.41. The van der Waals surface area contributed by atoms with Crippen molar-refractivity contribution in [3.63, 3.8) is 0 Å². The minimum atomic E-state index is -0.315. The number of nitrogen functional groups attached to an aromatic ring is 1. The summed E-state index contributed by atoms with van der Waals surface area (Å²) in [5.74, 6) is -0.315. The molecule has 5 heteroatoms. The first kappa shape index (κ1) is 14.4. The number of nitrogens with zero attached hydrogens (tertiary/aromatic N) is 1. The fourth-order valence-corrected chi connectivity index (χ4v) is 3.90. The van der Waals surface area contributed by atoms with Crippen LogP contribution in [0, 0.1) is 5.82 Å². The topological polar surface area (TPSA) is 50.9 Å². The number of rotatable bonds is 3. The highest BCUT2D eigenvalue weighted by atomic mass is 32.2. The van der Waals surface area contributed by atoms with E-state index >= 15 is 0 Å². The van der Waals surface area contributed by atoms with E-state index in [0.29, 0.717) is 28.2 Å². The zero-order chi connectivity index (χ0) is 14.8. The van der Waals surface area contributed by atoms with Crippen molar-refractivity contribution in [1.29, 1.82) is 0 Å². The second-order valence-corrected chi connectivity index (χ2v) is 6.73. The summed E-state index contributed by atoms with van der Waals surface area (Å²) in [6.45, 7) is 0. The minimum Gasteiger partial charge on any atom is -0.398 e. The number of nitrogens with one attached hydrogen (secondary N) is 1. The minimum absolute atomic E-state index is 0.305. The van der Waals surface area contributed by atoms with Crippen LogP contribution < -0.4 is 11.1 Å². The van der Waals surface area contributed by atoms with E-state index in [4.69, 9.17) is 5.73 Å². The molecule has 0 aliphatic heterocycles. The number of fused-ring (bicyclic) bond motifs is 1. The van der Waals surface area contributed by atoms with Crippen molar-refractivity contribution in [2.75, 3.05) is 17.3 Å². The summed E-state index contributed by atoms with van der Waals surface area (Å²) in [4.78, 5) is 4.32. The molecule has 2 atom stereocenters. The Morgan fingerprint density at radius 2 is 2.29 bits per heavy atom. The Bertz CT molecular complexity index is 647. The number of aromatic nitrogens is 1. The van der Waals surface area contributed by atoms with Gasteiger partial charge in [-0.3, -0.25) is 4.98 Å². The summed E-state index contributed by atoms with van der Waals surface area (Å²) < 4.78 is 14.3. The van der Waals surface area contributed by atoms with Crippen molar-refractivity contribution < 1.29 is 4.39 Å². The molecule has 2 aromatic rings. The first-order valence-corrected chi connectivity index (χ1v) is 8.60. The van der Waals surface area contributed by atoms with Crippen molar-refractivity contribution in [3.8, 4) is 0 Å². The predicted octanol–water partition coefficient (Wildman–Crippen LogP) is 4.04. The third kappa shape index (κ3) is 2.93. The number of thioether (sulfide) groups is 1. The van der Waals surface area contributed by atoms with Crippen LogP contribution in [-0.4, -0.2) is 22.5 Å². The Kier molecular flexibility index (Phi) is 4.19. The molecular formula is C16H20FN3S. The van der Waals surface area contributed by atoms with E-state index in [1.54, 1.807) is 6.20 Å². The van der Waals surface area contributed by atoms with Gasteiger partial charge in [0.2, 0.25) is 0 Å². The number of hydrogen-bond acceptors (Lipinski definition) is 4. The molecule has 0 amide bonds. The molecule has 0 radical (unpaired) electrons. The Morgan fingerprint density at radius 1 is 1.43 bits per heavy atom.